The molecule has 38 heavy (non-hydrogen) atoms. The van der Waals surface area contributed by atoms with Crippen LogP contribution in [0.3, 0.4) is 0 Å². The summed E-state index contributed by atoms with van der Waals surface area (Å²) in [6.45, 7) is 6.32. The number of anilines is 1. The number of ether oxygens (including phenoxy) is 1. The number of aromatic nitrogens is 3. The van der Waals surface area contributed by atoms with Crippen LogP contribution in [0.25, 0.3) is 11.4 Å². The summed E-state index contributed by atoms with van der Waals surface area (Å²) in [6.07, 6.45) is 1.15. The highest BCUT2D eigenvalue weighted by Gasteiger charge is 2.30. The summed E-state index contributed by atoms with van der Waals surface area (Å²) in [4.78, 5) is 36.8. The summed E-state index contributed by atoms with van der Waals surface area (Å²) in [5.41, 5.74) is 0.892. The van der Waals surface area contributed by atoms with Crippen molar-refractivity contribution in [2.24, 2.45) is 5.92 Å². The maximum atomic E-state index is 12.8. The third-order valence-electron chi connectivity index (χ3n) is 5.52. The second kappa shape index (κ2) is 13.0. The first-order valence-corrected chi connectivity index (χ1v) is 12.2. The molecule has 3 aromatic rings. The van der Waals surface area contributed by atoms with Crippen LogP contribution in [0, 0.1) is 5.92 Å². The zero-order valence-corrected chi connectivity index (χ0v) is 21.4. The van der Waals surface area contributed by atoms with Gasteiger partial charge in [0.15, 0.2) is 5.82 Å². The van der Waals surface area contributed by atoms with E-state index >= 15 is 0 Å². The fourth-order valence-electron chi connectivity index (χ4n) is 3.63. The van der Waals surface area contributed by atoms with Crippen LogP contribution in [-0.4, -0.2) is 40.0 Å². The van der Waals surface area contributed by atoms with Crippen LogP contribution in [-0.2, 0) is 15.7 Å². The quantitative estimate of drug-likeness (QED) is 0.319. The normalized spacial score (nSPS) is 12.2. The topological polar surface area (TPSA) is 106 Å². The molecule has 0 aliphatic rings. The van der Waals surface area contributed by atoms with Crippen LogP contribution in [0.2, 0.25) is 0 Å². The van der Waals surface area contributed by atoms with Gasteiger partial charge in [-0.05, 0) is 43.5 Å². The first-order valence-electron chi connectivity index (χ1n) is 12.2. The average molecular weight is 530 g/mol. The van der Waals surface area contributed by atoms with Gasteiger partial charge in [-0.1, -0.05) is 26.0 Å². The summed E-state index contributed by atoms with van der Waals surface area (Å²) in [6, 6.07) is 7.84. The van der Waals surface area contributed by atoms with E-state index in [1.807, 2.05) is 0 Å². The maximum Gasteiger partial charge on any atom is 0.416 e. The molecule has 1 aromatic carbocycles. The minimum Gasteiger partial charge on any atom is -0.466 e. The summed E-state index contributed by atoms with van der Waals surface area (Å²) < 4.78 is 43.3. The van der Waals surface area contributed by atoms with Gasteiger partial charge < -0.3 is 15.4 Å². The van der Waals surface area contributed by atoms with Crippen molar-refractivity contribution in [2.75, 3.05) is 18.5 Å². The van der Waals surface area contributed by atoms with Gasteiger partial charge in [-0.15, -0.1) is 0 Å². The lowest BCUT2D eigenvalue weighted by Gasteiger charge is -2.21. The second-order valence-electron chi connectivity index (χ2n) is 8.98. The molecule has 202 valence electrons. The zero-order valence-electron chi connectivity index (χ0n) is 21.4. The van der Waals surface area contributed by atoms with Gasteiger partial charge in [-0.3, -0.25) is 9.59 Å². The highest BCUT2D eigenvalue weighted by atomic mass is 19.4. The van der Waals surface area contributed by atoms with Crippen molar-refractivity contribution in [3.8, 4) is 11.4 Å². The molecule has 0 fully saturated rings. The van der Waals surface area contributed by atoms with Crippen LogP contribution in [0.4, 0.5) is 19.0 Å². The molecule has 0 aliphatic heterocycles. The van der Waals surface area contributed by atoms with Crippen LogP contribution in [0.5, 0.6) is 0 Å². The third kappa shape index (κ3) is 8.25. The van der Waals surface area contributed by atoms with Gasteiger partial charge in [0.05, 0.1) is 30.2 Å². The van der Waals surface area contributed by atoms with Gasteiger partial charge >= 0.3 is 12.1 Å². The molecule has 1 atom stereocenters. The van der Waals surface area contributed by atoms with Crippen molar-refractivity contribution in [1.29, 1.82) is 0 Å². The molecule has 0 saturated heterocycles. The molecule has 0 aliphatic carbocycles. The summed E-state index contributed by atoms with van der Waals surface area (Å²) in [7, 11) is 0. The van der Waals surface area contributed by atoms with Gasteiger partial charge in [-0.25, -0.2) is 15.0 Å². The van der Waals surface area contributed by atoms with E-state index in [4.69, 9.17) is 4.74 Å². The minimum atomic E-state index is -4.40. The van der Waals surface area contributed by atoms with E-state index in [9.17, 15) is 22.8 Å². The number of hydrogen-bond acceptors (Lipinski definition) is 7. The predicted octanol–water partition coefficient (Wildman–Crippen LogP) is 5.44. The van der Waals surface area contributed by atoms with E-state index in [2.05, 4.69) is 39.4 Å². The Labute approximate surface area is 219 Å². The van der Waals surface area contributed by atoms with Crippen LogP contribution in [0.15, 0.2) is 55.0 Å². The number of nitrogens with zero attached hydrogens (tertiary/aromatic N) is 3. The highest BCUT2D eigenvalue weighted by molar-refractivity contribution is 5.94. The number of alkyl halides is 3. The molecule has 8 nitrogen and oxygen atoms in total. The van der Waals surface area contributed by atoms with E-state index in [0.29, 0.717) is 35.3 Å². The monoisotopic (exact) mass is 529 g/mol. The third-order valence-corrected chi connectivity index (χ3v) is 5.52. The van der Waals surface area contributed by atoms with Crippen molar-refractivity contribution >= 4 is 17.7 Å². The maximum absolute atomic E-state index is 12.8. The SMILES string of the molecule is CCOC(=O)CCNC(=O)c1ccc(NC(CC(C)C)c2cnc(-c3ccc(C(F)(F)F)cc3)nc2)nc1. The molecule has 0 saturated carbocycles. The molecule has 1 unspecified atom stereocenters. The molecule has 2 heterocycles. The van der Waals surface area contributed by atoms with Gasteiger partial charge in [0.25, 0.3) is 5.91 Å². The van der Waals surface area contributed by atoms with Crippen molar-refractivity contribution in [2.45, 2.75) is 45.8 Å². The smallest absolute Gasteiger partial charge is 0.416 e. The van der Waals surface area contributed by atoms with E-state index in [-0.39, 0.29) is 30.9 Å². The molecule has 1 amide bonds. The Bertz CT molecular complexity index is 1200. The Balaban J connectivity index is 1.66. The second-order valence-corrected chi connectivity index (χ2v) is 8.98. The first-order chi connectivity index (χ1) is 18.1. The Kier molecular flexibility index (Phi) is 9.75. The minimum absolute atomic E-state index is 0.0866. The molecule has 0 spiro atoms. The number of hydrogen-bond donors (Lipinski definition) is 2. The number of nitrogens with one attached hydrogen (secondary N) is 2. The number of pyridine rings is 1. The predicted molar refractivity (Wildman–Crippen MR) is 136 cm³/mol. The standard InChI is InChI=1S/C27H30F3N5O3/c1-4-38-24(36)11-12-31-26(37)19-7-10-23(32-14-19)35-22(13-17(2)3)20-15-33-25(34-16-20)18-5-8-21(9-6-18)27(28,29)30/h5-10,14-17,22H,4,11-13H2,1-3H3,(H,31,37)(H,32,35). The summed E-state index contributed by atoms with van der Waals surface area (Å²) >= 11 is 0. The van der Waals surface area contributed by atoms with Crippen LogP contribution in [0.1, 0.15) is 61.1 Å². The van der Waals surface area contributed by atoms with E-state index < -0.39 is 11.7 Å². The molecule has 2 aromatic heterocycles. The van der Waals surface area contributed by atoms with Crippen molar-refractivity contribution < 1.29 is 27.5 Å². The fraction of sp³-hybridized carbons (Fsp3) is 0.370. The van der Waals surface area contributed by atoms with Gasteiger partial charge in [0.1, 0.15) is 5.82 Å². The van der Waals surface area contributed by atoms with Crippen LogP contribution >= 0.6 is 0 Å². The number of amides is 1. The van der Waals surface area contributed by atoms with Crippen LogP contribution < -0.4 is 10.6 Å². The number of rotatable bonds is 11. The molecule has 11 heteroatoms. The van der Waals surface area contributed by atoms with Crippen molar-refractivity contribution in [3.05, 3.63) is 71.7 Å². The highest BCUT2D eigenvalue weighted by Crippen LogP contribution is 2.31. The molecular weight excluding hydrogens is 499 g/mol. The number of carbonyl (C=O) groups is 2. The number of esters is 1. The van der Waals surface area contributed by atoms with E-state index in [1.165, 1.54) is 18.3 Å². The Morgan fingerprint density at radius 1 is 0.974 bits per heavy atom. The lowest BCUT2D eigenvalue weighted by atomic mass is 9.99. The molecule has 0 radical (unpaired) electrons. The molecule has 3 rings (SSSR count). The first kappa shape index (κ1) is 28.5. The summed E-state index contributed by atoms with van der Waals surface area (Å²) in [5, 5.41) is 6.00. The number of benzene rings is 1. The largest absolute Gasteiger partial charge is 0.466 e. The Hall–Kier alpha value is -4.02. The zero-order chi connectivity index (χ0) is 27.7. The summed E-state index contributed by atoms with van der Waals surface area (Å²) in [5.74, 6) is 0.469. The van der Waals surface area contributed by atoms with Gasteiger partial charge in [0.2, 0.25) is 0 Å². The molecule has 0 bridgehead atoms. The van der Waals surface area contributed by atoms with Gasteiger partial charge in [-0.2, -0.15) is 13.2 Å². The molecular formula is C27H30F3N5O3. The van der Waals surface area contributed by atoms with E-state index in [0.717, 1.165) is 24.1 Å². The lowest BCUT2D eigenvalue weighted by molar-refractivity contribution is -0.143. The number of halogens is 3. The Morgan fingerprint density at radius 2 is 1.66 bits per heavy atom. The van der Waals surface area contributed by atoms with E-state index in [1.54, 1.807) is 31.5 Å². The molecule has 2 N–H and O–H groups in total. The number of carbonyl (C=O) groups excluding carboxylic acids is 2. The lowest BCUT2D eigenvalue weighted by Crippen LogP contribution is -2.26. The fourth-order valence-corrected chi connectivity index (χ4v) is 3.63. The van der Waals surface area contributed by atoms with Gasteiger partial charge in [0, 0.05) is 36.3 Å². The average Bonchev–Trinajstić information content (AvgIpc) is 2.88. The Morgan fingerprint density at radius 3 is 2.21 bits per heavy atom. The van der Waals surface area contributed by atoms with Crippen molar-refractivity contribution in [1.82, 2.24) is 20.3 Å². The van der Waals surface area contributed by atoms with Crippen molar-refractivity contribution in [3.63, 3.8) is 0 Å².